The van der Waals surface area contributed by atoms with E-state index in [1.165, 1.54) is 43.4 Å². The Morgan fingerprint density at radius 2 is 2.00 bits per heavy atom. The van der Waals surface area contributed by atoms with Crippen LogP contribution in [0.4, 0.5) is 10.7 Å². The molecule has 5 heteroatoms. The molecular formula is C15H23N3OS. The second kappa shape index (κ2) is 7.33. The highest BCUT2D eigenvalue weighted by molar-refractivity contribution is 7.18. The summed E-state index contributed by atoms with van der Waals surface area (Å²) >= 11 is 1.50. The molecule has 1 aliphatic rings. The highest BCUT2D eigenvalue weighted by atomic mass is 32.1. The standard InChI is InChI=1S/C15H23N3OS/c1-2-8-17-15(19)14-12(16)11-13(20-14)18-9-6-4-3-5-7-10-18/h2,11H,1,3-10,16H2,(H,17,19). The van der Waals surface area contributed by atoms with Gasteiger partial charge in [0.15, 0.2) is 0 Å². The molecule has 0 unspecified atom stereocenters. The minimum atomic E-state index is -0.106. The maximum Gasteiger partial charge on any atom is 0.263 e. The predicted octanol–water partition coefficient (Wildman–Crippen LogP) is 3.02. The van der Waals surface area contributed by atoms with Crippen LogP contribution in [0.15, 0.2) is 18.7 Å². The van der Waals surface area contributed by atoms with Crippen molar-refractivity contribution in [3.8, 4) is 0 Å². The first-order valence-electron chi connectivity index (χ1n) is 7.25. The lowest BCUT2D eigenvalue weighted by atomic mass is 10.1. The number of carbonyl (C=O) groups excluding carboxylic acids is 1. The van der Waals surface area contributed by atoms with Gasteiger partial charge in [0.25, 0.3) is 5.91 Å². The van der Waals surface area contributed by atoms with Gasteiger partial charge in [-0.05, 0) is 18.9 Å². The average Bonchev–Trinajstić information content (AvgIpc) is 2.77. The van der Waals surface area contributed by atoms with Crippen LogP contribution in [-0.2, 0) is 0 Å². The summed E-state index contributed by atoms with van der Waals surface area (Å²) in [5.74, 6) is -0.106. The molecule has 0 aliphatic carbocycles. The number of nitrogens with zero attached hydrogens (tertiary/aromatic N) is 1. The molecule has 1 aromatic heterocycles. The Labute approximate surface area is 124 Å². The quantitative estimate of drug-likeness (QED) is 0.839. The first-order valence-corrected chi connectivity index (χ1v) is 8.07. The molecule has 1 amide bonds. The fourth-order valence-electron chi connectivity index (χ4n) is 2.44. The van der Waals surface area contributed by atoms with Crippen LogP contribution in [-0.4, -0.2) is 25.5 Å². The fraction of sp³-hybridized carbons (Fsp3) is 0.533. The van der Waals surface area contributed by atoms with Crippen LogP contribution in [0.3, 0.4) is 0 Å². The number of rotatable bonds is 4. The van der Waals surface area contributed by atoms with E-state index in [4.69, 9.17) is 5.73 Å². The molecule has 0 saturated carbocycles. The zero-order chi connectivity index (χ0) is 14.4. The minimum absolute atomic E-state index is 0.106. The number of nitrogens with two attached hydrogens (primary N) is 1. The van der Waals surface area contributed by atoms with Gasteiger partial charge in [0.05, 0.1) is 10.7 Å². The van der Waals surface area contributed by atoms with Gasteiger partial charge < -0.3 is 16.0 Å². The molecule has 0 radical (unpaired) electrons. The molecule has 0 atom stereocenters. The number of hydrogen-bond donors (Lipinski definition) is 2. The van der Waals surface area contributed by atoms with Gasteiger partial charge in [0.2, 0.25) is 0 Å². The fourth-order valence-corrected chi connectivity index (χ4v) is 3.49. The maximum atomic E-state index is 12.0. The van der Waals surface area contributed by atoms with E-state index in [2.05, 4.69) is 16.8 Å². The van der Waals surface area contributed by atoms with E-state index in [0.717, 1.165) is 18.1 Å². The summed E-state index contributed by atoms with van der Waals surface area (Å²) in [7, 11) is 0. The van der Waals surface area contributed by atoms with E-state index in [9.17, 15) is 4.79 Å². The summed E-state index contributed by atoms with van der Waals surface area (Å²) in [6.45, 7) is 6.19. The Bertz CT molecular complexity index is 462. The van der Waals surface area contributed by atoms with Crippen molar-refractivity contribution >= 4 is 27.9 Å². The molecule has 3 N–H and O–H groups in total. The predicted molar refractivity (Wildman–Crippen MR) is 86.6 cm³/mol. The number of amides is 1. The van der Waals surface area contributed by atoms with Crippen LogP contribution in [0.1, 0.15) is 41.8 Å². The van der Waals surface area contributed by atoms with Gasteiger partial charge in [-0.3, -0.25) is 4.79 Å². The smallest absolute Gasteiger partial charge is 0.263 e. The van der Waals surface area contributed by atoms with Crippen molar-refractivity contribution in [2.24, 2.45) is 0 Å². The SMILES string of the molecule is C=CCNC(=O)c1sc(N2CCCCCCC2)cc1N. The highest BCUT2D eigenvalue weighted by Gasteiger charge is 2.18. The lowest BCUT2D eigenvalue weighted by molar-refractivity contribution is 0.0963. The van der Waals surface area contributed by atoms with Crippen molar-refractivity contribution in [2.45, 2.75) is 32.1 Å². The van der Waals surface area contributed by atoms with Crippen molar-refractivity contribution in [3.05, 3.63) is 23.6 Å². The Hall–Kier alpha value is -1.49. The van der Waals surface area contributed by atoms with Crippen LogP contribution in [0.25, 0.3) is 0 Å². The Kier molecular flexibility index (Phi) is 5.47. The molecule has 1 aliphatic heterocycles. The number of anilines is 2. The van der Waals surface area contributed by atoms with E-state index in [-0.39, 0.29) is 5.91 Å². The van der Waals surface area contributed by atoms with Gasteiger partial charge in [-0.15, -0.1) is 17.9 Å². The normalized spacial score (nSPS) is 16.3. The van der Waals surface area contributed by atoms with Crippen molar-refractivity contribution in [2.75, 3.05) is 30.3 Å². The number of thiophene rings is 1. The summed E-state index contributed by atoms with van der Waals surface area (Å²) in [5, 5.41) is 3.90. The number of nitrogen functional groups attached to an aromatic ring is 1. The molecule has 1 aromatic rings. The number of carbonyl (C=O) groups is 1. The van der Waals surface area contributed by atoms with Gasteiger partial charge in [0, 0.05) is 19.6 Å². The largest absolute Gasteiger partial charge is 0.397 e. The van der Waals surface area contributed by atoms with E-state index in [1.807, 2.05) is 6.07 Å². The first-order chi connectivity index (χ1) is 9.72. The second-order valence-corrected chi connectivity index (χ2v) is 6.15. The van der Waals surface area contributed by atoms with E-state index in [1.54, 1.807) is 6.08 Å². The molecule has 0 bridgehead atoms. The molecule has 0 aromatic carbocycles. The van der Waals surface area contributed by atoms with Gasteiger partial charge in [-0.25, -0.2) is 0 Å². The topological polar surface area (TPSA) is 58.4 Å². The van der Waals surface area contributed by atoms with Crippen molar-refractivity contribution in [3.63, 3.8) is 0 Å². The molecule has 2 heterocycles. The summed E-state index contributed by atoms with van der Waals surface area (Å²) in [6, 6.07) is 1.94. The third-order valence-electron chi connectivity index (χ3n) is 3.53. The Morgan fingerprint density at radius 3 is 2.65 bits per heavy atom. The van der Waals surface area contributed by atoms with E-state index in [0.29, 0.717) is 17.1 Å². The molecular weight excluding hydrogens is 270 g/mol. The minimum Gasteiger partial charge on any atom is -0.397 e. The van der Waals surface area contributed by atoms with Gasteiger partial charge >= 0.3 is 0 Å². The molecule has 0 spiro atoms. The lowest BCUT2D eigenvalue weighted by Gasteiger charge is -2.25. The lowest BCUT2D eigenvalue weighted by Crippen LogP contribution is -2.26. The monoisotopic (exact) mass is 293 g/mol. The van der Waals surface area contributed by atoms with Crippen LogP contribution in [0, 0.1) is 0 Å². The maximum absolute atomic E-state index is 12.0. The van der Waals surface area contributed by atoms with E-state index >= 15 is 0 Å². The van der Waals surface area contributed by atoms with Gasteiger partial charge in [0.1, 0.15) is 4.88 Å². The Balaban J connectivity index is 2.08. The molecule has 110 valence electrons. The van der Waals surface area contributed by atoms with Crippen LogP contribution >= 0.6 is 11.3 Å². The van der Waals surface area contributed by atoms with Crippen molar-refractivity contribution in [1.29, 1.82) is 0 Å². The van der Waals surface area contributed by atoms with Crippen molar-refractivity contribution in [1.82, 2.24) is 5.32 Å². The van der Waals surface area contributed by atoms with Crippen LogP contribution < -0.4 is 16.0 Å². The molecule has 1 saturated heterocycles. The summed E-state index contributed by atoms with van der Waals surface area (Å²) in [4.78, 5) is 15.0. The second-order valence-electron chi connectivity index (χ2n) is 5.12. The molecule has 4 nitrogen and oxygen atoms in total. The van der Waals surface area contributed by atoms with Crippen molar-refractivity contribution < 1.29 is 4.79 Å². The average molecular weight is 293 g/mol. The third kappa shape index (κ3) is 3.76. The Morgan fingerprint density at radius 1 is 1.35 bits per heavy atom. The molecule has 20 heavy (non-hydrogen) atoms. The van der Waals surface area contributed by atoms with Gasteiger partial charge in [-0.1, -0.05) is 25.3 Å². The van der Waals surface area contributed by atoms with E-state index < -0.39 is 0 Å². The third-order valence-corrected chi connectivity index (χ3v) is 4.74. The number of nitrogens with one attached hydrogen (secondary N) is 1. The summed E-state index contributed by atoms with van der Waals surface area (Å²) in [5.41, 5.74) is 6.57. The zero-order valence-electron chi connectivity index (χ0n) is 11.9. The molecule has 2 rings (SSSR count). The highest BCUT2D eigenvalue weighted by Crippen LogP contribution is 2.33. The number of hydrogen-bond acceptors (Lipinski definition) is 4. The summed E-state index contributed by atoms with van der Waals surface area (Å²) in [6.07, 6.45) is 8.04. The zero-order valence-corrected chi connectivity index (χ0v) is 12.7. The first kappa shape index (κ1) is 14.9. The van der Waals surface area contributed by atoms with Gasteiger partial charge in [-0.2, -0.15) is 0 Å². The summed E-state index contributed by atoms with van der Waals surface area (Å²) < 4.78 is 0. The van der Waals surface area contributed by atoms with Crippen LogP contribution in [0.5, 0.6) is 0 Å². The molecule has 1 fully saturated rings. The van der Waals surface area contributed by atoms with Crippen LogP contribution in [0.2, 0.25) is 0 Å².